The quantitative estimate of drug-likeness (QED) is 0.774. The van der Waals surface area contributed by atoms with Crippen LogP contribution in [0.2, 0.25) is 0 Å². The number of ether oxygens (including phenoxy) is 1. The smallest absolute Gasteiger partial charge is 0.317 e. The van der Waals surface area contributed by atoms with Gasteiger partial charge in [-0.3, -0.25) is 4.79 Å². The maximum Gasteiger partial charge on any atom is 0.317 e. The van der Waals surface area contributed by atoms with Crippen molar-refractivity contribution in [3.63, 3.8) is 0 Å². The summed E-state index contributed by atoms with van der Waals surface area (Å²) in [5.41, 5.74) is 4.79. The summed E-state index contributed by atoms with van der Waals surface area (Å²) in [5, 5.41) is 3.11. The van der Waals surface area contributed by atoms with Gasteiger partial charge >= 0.3 is 6.03 Å². The van der Waals surface area contributed by atoms with E-state index in [2.05, 4.69) is 41.4 Å². The number of nitrogens with zero attached hydrogens (tertiary/aromatic N) is 2. The summed E-state index contributed by atoms with van der Waals surface area (Å²) >= 11 is 0. The van der Waals surface area contributed by atoms with Gasteiger partial charge < -0.3 is 19.9 Å². The van der Waals surface area contributed by atoms with E-state index in [0.29, 0.717) is 13.1 Å². The molecule has 2 fully saturated rings. The molecule has 2 saturated heterocycles. The molecule has 2 aromatic carbocycles. The van der Waals surface area contributed by atoms with Crippen LogP contribution >= 0.6 is 0 Å². The predicted molar refractivity (Wildman–Crippen MR) is 127 cm³/mol. The van der Waals surface area contributed by atoms with E-state index in [-0.39, 0.29) is 29.9 Å². The van der Waals surface area contributed by atoms with Crippen molar-refractivity contribution in [3.05, 3.63) is 64.7 Å². The molecule has 3 atom stereocenters. The molecular formula is C27H33N3O3. The molecule has 33 heavy (non-hydrogen) atoms. The van der Waals surface area contributed by atoms with Crippen LogP contribution in [-0.4, -0.2) is 54.5 Å². The molecular weight excluding hydrogens is 414 g/mol. The number of benzene rings is 2. The first-order valence-electron chi connectivity index (χ1n) is 12.1. The summed E-state index contributed by atoms with van der Waals surface area (Å²) in [6.07, 6.45) is 4.22. The fourth-order valence-electron chi connectivity index (χ4n) is 5.97. The second-order valence-corrected chi connectivity index (χ2v) is 9.53. The van der Waals surface area contributed by atoms with E-state index >= 15 is 0 Å². The zero-order chi connectivity index (χ0) is 22.9. The molecule has 6 heteroatoms. The van der Waals surface area contributed by atoms with Crippen molar-refractivity contribution >= 4 is 11.9 Å². The van der Waals surface area contributed by atoms with Crippen LogP contribution in [-0.2, 0) is 17.6 Å². The van der Waals surface area contributed by atoms with Crippen LogP contribution < -0.4 is 10.1 Å². The number of aryl methyl sites for hydroxylation is 1. The standard InChI is InChI=1S/C27H33N3O3/c1-18-15-22-20(16-25(18)33-2)11-14-29-24(22)17-23-21(26(29)31)9-6-13-30(23)27(32)28-12-10-19-7-4-3-5-8-19/h3-5,7-8,15-16,21,23-24H,6,9-14,17H2,1-2H3,(H,28,32)/t21-,23-,24-/m0/s1. The summed E-state index contributed by atoms with van der Waals surface area (Å²) < 4.78 is 5.53. The van der Waals surface area contributed by atoms with E-state index in [9.17, 15) is 9.59 Å². The van der Waals surface area contributed by atoms with Crippen LogP contribution in [0.25, 0.3) is 0 Å². The van der Waals surface area contributed by atoms with Crippen molar-refractivity contribution in [2.24, 2.45) is 5.92 Å². The normalized spacial score (nSPS) is 23.9. The molecule has 0 saturated carbocycles. The Bertz CT molecular complexity index is 1040. The van der Waals surface area contributed by atoms with E-state index < -0.39 is 0 Å². The minimum atomic E-state index is -0.0873. The molecule has 0 bridgehead atoms. The third kappa shape index (κ3) is 4.07. The van der Waals surface area contributed by atoms with Gasteiger partial charge in [0.25, 0.3) is 0 Å². The molecule has 3 amide bonds. The fraction of sp³-hybridized carbons (Fsp3) is 0.481. The average Bonchev–Trinajstić information content (AvgIpc) is 2.84. The lowest BCUT2D eigenvalue weighted by Crippen LogP contribution is -2.61. The molecule has 2 aromatic rings. The molecule has 174 valence electrons. The maximum absolute atomic E-state index is 13.5. The number of likely N-dealkylation sites (tertiary alicyclic amines) is 1. The minimum Gasteiger partial charge on any atom is -0.496 e. The number of nitrogens with one attached hydrogen (secondary N) is 1. The highest BCUT2D eigenvalue weighted by Crippen LogP contribution is 2.44. The number of carbonyl (C=O) groups is 2. The highest BCUT2D eigenvalue weighted by molar-refractivity contribution is 5.83. The number of rotatable bonds is 4. The van der Waals surface area contributed by atoms with E-state index in [1.54, 1.807) is 7.11 Å². The van der Waals surface area contributed by atoms with Crippen LogP contribution in [0, 0.1) is 12.8 Å². The number of hydrogen-bond donors (Lipinski definition) is 1. The van der Waals surface area contributed by atoms with Gasteiger partial charge in [0.1, 0.15) is 5.75 Å². The third-order valence-corrected chi connectivity index (χ3v) is 7.65. The van der Waals surface area contributed by atoms with Crippen molar-refractivity contribution in [1.29, 1.82) is 0 Å². The highest BCUT2D eigenvalue weighted by atomic mass is 16.5. The highest BCUT2D eigenvalue weighted by Gasteiger charge is 2.48. The van der Waals surface area contributed by atoms with Gasteiger partial charge in [0.15, 0.2) is 0 Å². The van der Waals surface area contributed by atoms with Crippen molar-refractivity contribution in [3.8, 4) is 5.75 Å². The van der Waals surface area contributed by atoms with E-state index in [4.69, 9.17) is 4.74 Å². The second kappa shape index (κ2) is 9.08. The van der Waals surface area contributed by atoms with Gasteiger partial charge in [-0.25, -0.2) is 4.79 Å². The Morgan fingerprint density at radius 3 is 2.79 bits per heavy atom. The lowest BCUT2D eigenvalue weighted by molar-refractivity contribution is -0.148. The molecule has 0 aliphatic carbocycles. The molecule has 1 N–H and O–H groups in total. The van der Waals surface area contributed by atoms with Crippen LogP contribution in [0.1, 0.15) is 47.6 Å². The van der Waals surface area contributed by atoms with Crippen molar-refractivity contribution in [2.45, 2.75) is 51.1 Å². The number of amides is 3. The number of fused-ring (bicyclic) bond motifs is 4. The maximum atomic E-state index is 13.5. The SMILES string of the molecule is COc1cc2c(cc1C)[C@@H]1C[C@H]3[C@H](CCCN3C(=O)NCCc3ccccc3)C(=O)N1CC2. The Hall–Kier alpha value is -3.02. The van der Waals surface area contributed by atoms with Gasteiger partial charge in [-0.1, -0.05) is 36.4 Å². The molecule has 6 nitrogen and oxygen atoms in total. The molecule has 0 radical (unpaired) electrons. The van der Waals surface area contributed by atoms with Crippen LogP contribution in [0.4, 0.5) is 4.79 Å². The molecule has 5 rings (SSSR count). The number of piperidine rings is 2. The first-order chi connectivity index (χ1) is 16.1. The van der Waals surface area contributed by atoms with Gasteiger partial charge in [0.2, 0.25) is 5.91 Å². The van der Waals surface area contributed by atoms with Crippen LogP contribution in [0.5, 0.6) is 5.75 Å². The summed E-state index contributed by atoms with van der Waals surface area (Å²) in [6, 6.07) is 14.5. The number of hydrogen-bond acceptors (Lipinski definition) is 3. The Labute approximate surface area is 195 Å². The Morgan fingerprint density at radius 1 is 1.18 bits per heavy atom. The van der Waals surface area contributed by atoms with E-state index in [1.165, 1.54) is 16.7 Å². The second-order valence-electron chi connectivity index (χ2n) is 9.53. The number of methoxy groups -OCH3 is 1. The van der Waals surface area contributed by atoms with E-state index in [1.807, 2.05) is 23.1 Å². The van der Waals surface area contributed by atoms with E-state index in [0.717, 1.165) is 50.0 Å². The predicted octanol–water partition coefficient (Wildman–Crippen LogP) is 3.87. The Morgan fingerprint density at radius 2 is 2.00 bits per heavy atom. The lowest BCUT2D eigenvalue weighted by Gasteiger charge is -2.51. The summed E-state index contributed by atoms with van der Waals surface area (Å²) in [7, 11) is 1.70. The number of urea groups is 1. The average molecular weight is 448 g/mol. The molecule has 0 aromatic heterocycles. The Balaban J connectivity index is 1.34. The van der Waals surface area contributed by atoms with Gasteiger partial charge in [0.05, 0.1) is 19.1 Å². The van der Waals surface area contributed by atoms with Crippen molar-refractivity contribution in [2.75, 3.05) is 26.7 Å². The summed E-state index contributed by atoms with van der Waals surface area (Å²) in [6.45, 7) is 4.11. The zero-order valence-corrected chi connectivity index (χ0v) is 19.5. The largest absolute Gasteiger partial charge is 0.496 e. The van der Waals surface area contributed by atoms with Gasteiger partial charge in [-0.2, -0.15) is 0 Å². The van der Waals surface area contributed by atoms with Crippen LogP contribution in [0.15, 0.2) is 42.5 Å². The van der Waals surface area contributed by atoms with Crippen molar-refractivity contribution < 1.29 is 14.3 Å². The zero-order valence-electron chi connectivity index (χ0n) is 19.5. The minimum absolute atomic E-state index is 0.0322. The van der Waals surface area contributed by atoms with Crippen LogP contribution in [0.3, 0.4) is 0 Å². The number of carbonyl (C=O) groups excluding carboxylic acids is 2. The molecule has 3 aliphatic rings. The Kier molecular flexibility index (Phi) is 6.00. The van der Waals surface area contributed by atoms with Gasteiger partial charge in [0, 0.05) is 25.7 Å². The summed E-state index contributed by atoms with van der Waals surface area (Å²) in [4.78, 5) is 30.7. The third-order valence-electron chi connectivity index (χ3n) is 7.65. The molecule has 3 heterocycles. The molecule has 0 spiro atoms. The monoisotopic (exact) mass is 447 g/mol. The van der Waals surface area contributed by atoms with Gasteiger partial charge in [-0.05, 0) is 67.3 Å². The molecule has 3 aliphatic heterocycles. The topological polar surface area (TPSA) is 61.9 Å². The first-order valence-corrected chi connectivity index (χ1v) is 12.1. The summed E-state index contributed by atoms with van der Waals surface area (Å²) in [5.74, 6) is 1.03. The first kappa shape index (κ1) is 21.8. The fourth-order valence-corrected chi connectivity index (χ4v) is 5.97. The van der Waals surface area contributed by atoms with Gasteiger partial charge in [-0.15, -0.1) is 0 Å². The van der Waals surface area contributed by atoms with Crippen molar-refractivity contribution in [1.82, 2.24) is 15.1 Å². The molecule has 0 unspecified atom stereocenters. The lowest BCUT2D eigenvalue weighted by atomic mass is 9.76.